The number of anilines is 1. The Morgan fingerprint density at radius 3 is 2.56 bits per heavy atom. The molecular weight excluding hydrogens is 342 g/mol. The van der Waals surface area contributed by atoms with Crippen molar-refractivity contribution < 1.29 is 14.3 Å². The zero-order chi connectivity index (χ0) is 19.2. The molecule has 6 nitrogen and oxygen atoms in total. The molecule has 2 aromatic rings. The van der Waals surface area contributed by atoms with Gasteiger partial charge in [0.2, 0.25) is 0 Å². The minimum atomic E-state index is -0.342. The average Bonchev–Trinajstić information content (AvgIpc) is 2.96. The summed E-state index contributed by atoms with van der Waals surface area (Å²) in [5.41, 5.74) is 3.14. The number of carbonyl (C=O) groups excluding carboxylic acids is 2. The standard InChI is InChI=1S/C21H27N3O3/c1-15-21(16(2)24(23-15)18-11-7-4-8-12-18)22-19(25)14-27-20(26)13-17-9-5-3-6-10-17/h4,7-8,11-12,17H,3,5-6,9-10,13-14H2,1-2H3,(H,22,25). The third kappa shape index (κ3) is 4.96. The Labute approximate surface area is 159 Å². The highest BCUT2D eigenvalue weighted by molar-refractivity contribution is 5.93. The highest BCUT2D eigenvalue weighted by atomic mass is 16.5. The second kappa shape index (κ2) is 8.84. The topological polar surface area (TPSA) is 73.2 Å². The number of carbonyl (C=O) groups is 2. The number of aryl methyl sites for hydroxylation is 1. The van der Waals surface area contributed by atoms with Gasteiger partial charge in [-0.05, 0) is 44.7 Å². The van der Waals surface area contributed by atoms with E-state index in [4.69, 9.17) is 4.74 Å². The zero-order valence-electron chi connectivity index (χ0n) is 16.0. The van der Waals surface area contributed by atoms with Crippen molar-refractivity contribution >= 4 is 17.6 Å². The van der Waals surface area contributed by atoms with Gasteiger partial charge in [-0.15, -0.1) is 0 Å². The summed E-state index contributed by atoms with van der Waals surface area (Å²) in [6.45, 7) is 3.48. The monoisotopic (exact) mass is 369 g/mol. The van der Waals surface area contributed by atoms with E-state index in [1.54, 1.807) is 4.68 Å². The summed E-state index contributed by atoms with van der Waals surface area (Å²) in [6, 6.07) is 9.74. The van der Waals surface area contributed by atoms with Crippen molar-refractivity contribution in [3.63, 3.8) is 0 Å². The van der Waals surface area contributed by atoms with Gasteiger partial charge in [0.15, 0.2) is 6.61 Å². The maximum Gasteiger partial charge on any atom is 0.306 e. The van der Waals surface area contributed by atoms with E-state index >= 15 is 0 Å². The van der Waals surface area contributed by atoms with Gasteiger partial charge in [-0.1, -0.05) is 37.5 Å². The molecule has 1 saturated carbocycles. The fraction of sp³-hybridized carbons (Fsp3) is 0.476. The van der Waals surface area contributed by atoms with Gasteiger partial charge in [0.1, 0.15) is 0 Å². The number of para-hydroxylation sites is 1. The molecule has 0 bridgehead atoms. The fourth-order valence-corrected chi connectivity index (χ4v) is 3.65. The number of benzene rings is 1. The maximum atomic E-state index is 12.2. The van der Waals surface area contributed by atoms with Gasteiger partial charge in [-0.25, -0.2) is 4.68 Å². The molecule has 3 rings (SSSR count). The van der Waals surface area contributed by atoms with Crippen molar-refractivity contribution in [2.45, 2.75) is 52.4 Å². The van der Waals surface area contributed by atoms with Crippen molar-refractivity contribution in [2.24, 2.45) is 5.92 Å². The van der Waals surface area contributed by atoms with E-state index < -0.39 is 0 Å². The molecule has 0 spiro atoms. The maximum absolute atomic E-state index is 12.2. The predicted octanol–water partition coefficient (Wildman–Crippen LogP) is 3.94. The number of esters is 1. The van der Waals surface area contributed by atoms with E-state index in [1.807, 2.05) is 44.2 Å². The Morgan fingerprint density at radius 1 is 1.15 bits per heavy atom. The Bertz CT molecular complexity index is 793. The quantitative estimate of drug-likeness (QED) is 0.783. The number of rotatable bonds is 6. The third-order valence-corrected chi connectivity index (χ3v) is 5.10. The summed E-state index contributed by atoms with van der Waals surface area (Å²) in [5, 5.41) is 7.33. The number of aromatic nitrogens is 2. The van der Waals surface area contributed by atoms with Crippen LogP contribution < -0.4 is 5.32 Å². The number of hydrogen-bond donors (Lipinski definition) is 1. The molecule has 27 heavy (non-hydrogen) atoms. The van der Waals surface area contributed by atoms with E-state index in [-0.39, 0.29) is 18.5 Å². The summed E-state index contributed by atoms with van der Waals surface area (Å²) in [6.07, 6.45) is 6.20. The van der Waals surface area contributed by atoms with Crippen LogP contribution in [0.4, 0.5) is 5.69 Å². The minimum absolute atomic E-state index is 0.263. The molecule has 0 radical (unpaired) electrons. The van der Waals surface area contributed by atoms with Gasteiger partial charge in [0, 0.05) is 6.42 Å². The van der Waals surface area contributed by atoms with Crippen molar-refractivity contribution in [1.29, 1.82) is 0 Å². The van der Waals surface area contributed by atoms with Gasteiger partial charge in [-0.2, -0.15) is 5.10 Å². The highest BCUT2D eigenvalue weighted by Crippen LogP contribution is 2.26. The third-order valence-electron chi connectivity index (χ3n) is 5.10. The largest absolute Gasteiger partial charge is 0.456 e. The minimum Gasteiger partial charge on any atom is -0.456 e. The zero-order valence-corrected chi connectivity index (χ0v) is 16.0. The number of amides is 1. The van der Waals surface area contributed by atoms with Gasteiger partial charge >= 0.3 is 5.97 Å². The van der Waals surface area contributed by atoms with E-state index in [2.05, 4.69) is 10.4 Å². The summed E-state index contributed by atoms with van der Waals surface area (Å²) in [5.74, 6) is -0.223. The lowest BCUT2D eigenvalue weighted by atomic mass is 9.87. The lowest BCUT2D eigenvalue weighted by Crippen LogP contribution is -2.23. The molecule has 1 amide bonds. The van der Waals surface area contributed by atoms with Crippen molar-refractivity contribution in [2.75, 3.05) is 11.9 Å². The molecular formula is C21H27N3O3. The molecule has 1 aromatic carbocycles. The van der Waals surface area contributed by atoms with E-state index in [0.717, 1.165) is 29.9 Å². The molecule has 0 unspecified atom stereocenters. The fourth-order valence-electron chi connectivity index (χ4n) is 3.65. The normalized spacial score (nSPS) is 14.7. The number of hydrogen-bond acceptors (Lipinski definition) is 4. The first kappa shape index (κ1) is 19.1. The number of nitrogens with zero attached hydrogens (tertiary/aromatic N) is 2. The molecule has 144 valence electrons. The van der Waals surface area contributed by atoms with Crippen LogP contribution in [0.1, 0.15) is 49.9 Å². The first-order valence-corrected chi connectivity index (χ1v) is 9.61. The van der Waals surface area contributed by atoms with Crippen molar-refractivity contribution in [1.82, 2.24) is 9.78 Å². The molecule has 1 aliphatic rings. The van der Waals surface area contributed by atoms with Crippen LogP contribution in [0.2, 0.25) is 0 Å². The molecule has 0 aliphatic heterocycles. The lowest BCUT2D eigenvalue weighted by molar-refractivity contribution is -0.148. The Balaban J connectivity index is 1.55. The molecule has 1 heterocycles. The first-order chi connectivity index (χ1) is 13.0. The number of ether oxygens (including phenoxy) is 1. The second-order valence-corrected chi connectivity index (χ2v) is 7.21. The summed E-state index contributed by atoms with van der Waals surface area (Å²) in [7, 11) is 0. The van der Waals surface area contributed by atoms with Crippen molar-refractivity contribution in [3.05, 3.63) is 41.7 Å². The van der Waals surface area contributed by atoms with E-state index in [9.17, 15) is 9.59 Å². The predicted molar refractivity (Wildman–Crippen MR) is 104 cm³/mol. The molecule has 6 heteroatoms. The SMILES string of the molecule is Cc1nn(-c2ccccc2)c(C)c1NC(=O)COC(=O)CC1CCCCC1. The smallest absolute Gasteiger partial charge is 0.306 e. The average molecular weight is 369 g/mol. The Hall–Kier alpha value is -2.63. The van der Waals surface area contributed by atoms with E-state index in [1.165, 1.54) is 19.3 Å². The Kier molecular flexibility index (Phi) is 6.27. The molecule has 1 aliphatic carbocycles. The van der Waals surface area contributed by atoms with Gasteiger partial charge in [-0.3, -0.25) is 9.59 Å². The molecule has 1 N–H and O–H groups in total. The molecule has 1 aromatic heterocycles. The summed E-state index contributed by atoms with van der Waals surface area (Å²) < 4.78 is 6.96. The Morgan fingerprint density at radius 2 is 1.85 bits per heavy atom. The van der Waals surface area contributed by atoms with Gasteiger partial charge < -0.3 is 10.1 Å². The lowest BCUT2D eigenvalue weighted by Gasteiger charge is -2.20. The van der Waals surface area contributed by atoms with Crippen LogP contribution in [0.25, 0.3) is 5.69 Å². The van der Waals surface area contributed by atoms with E-state index in [0.29, 0.717) is 18.0 Å². The molecule has 0 saturated heterocycles. The van der Waals surface area contributed by atoms with Crippen molar-refractivity contribution in [3.8, 4) is 5.69 Å². The molecule has 1 fully saturated rings. The first-order valence-electron chi connectivity index (χ1n) is 9.61. The highest BCUT2D eigenvalue weighted by Gasteiger charge is 2.19. The van der Waals surface area contributed by atoms with Crippen LogP contribution in [-0.4, -0.2) is 28.3 Å². The van der Waals surface area contributed by atoms with Crippen LogP contribution in [0.15, 0.2) is 30.3 Å². The van der Waals surface area contributed by atoms with Crippen LogP contribution in [-0.2, 0) is 14.3 Å². The van der Waals surface area contributed by atoms with Crippen LogP contribution in [0.3, 0.4) is 0 Å². The van der Waals surface area contributed by atoms with Gasteiger partial charge in [0.25, 0.3) is 5.91 Å². The summed E-state index contributed by atoms with van der Waals surface area (Å²) >= 11 is 0. The molecule has 0 atom stereocenters. The second-order valence-electron chi connectivity index (χ2n) is 7.21. The summed E-state index contributed by atoms with van der Waals surface area (Å²) in [4.78, 5) is 24.2. The van der Waals surface area contributed by atoms with Crippen LogP contribution in [0.5, 0.6) is 0 Å². The van der Waals surface area contributed by atoms with Gasteiger partial charge in [0.05, 0.1) is 22.8 Å². The number of nitrogens with one attached hydrogen (secondary N) is 1. The van der Waals surface area contributed by atoms with Crippen LogP contribution in [0, 0.1) is 19.8 Å². The van der Waals surface area contributed by atoms with Crippen LogP contribution >= 0.6 is 0 Å².